The van der Waals surface area contributed by atoms with Crippen LogP contribution in [0.1, 0.15) is 12.5 Å². The molecule has 6 heteroatoms. The summed E-state index contributed by atoms with van der Waals surface area (Å²) in [6.45, 7) is 1.60. The molecular formula is C9H11N5O. The van der Waals surface area contributed by atoms with Crippen molar-refractivity contribution in [2.24, 2.45) is 5.11 Å². The highest BCUT2D eigenvalue weighted by Gasteiger charge is 2.00. The van der Waals surface area contributed by atoms with Crippen LogP contribution >= 0.6 is 0 Å². The standard InChI is InChI=1S/C9H11N5O/c1-6(10)7-2-3-9(13-4-7)15-5-8(11)14-12/h2-4,10-12H,5H2,1H3. The maximum atomic E-state index is 7.35. The lowest BCUT2D eigenvalue weighted by atomic mass is 10.2. The lowest BCUT2D eigenvalue weighted by Gasteiger charge is -2.03. The SMILES string of the molecule is CC(=N)c1ccc(OCC(=N)N=N)nc1. The molecule has 78 valence electrons. The van der Waals surface area contributed by atoms with E-state index in [0.29, 0.717) is 11.6 Å². The number of pyridine rings is 1. The van der Waals surface area contributed by atoms with E-state index in [0.717, 1.165) is 5.56 Å². The van der Waals surface area contributed by atoms with E-state index < -0.39 is 0 Å². The van der Waals surface area contributed by atoms with Crippen molar-refractivity contribution in [3.8, 4) is 5.88 Å². The molecule has 0 saturated heterocycles. The van der Waals surface area contributed by atoms with Gasteiger partial charge in [0.15, 0.2) is 12.4 Å². The Balaban J connectivity index is 2.60. The number of ether oxygens (including phenoxy) is 1. The summed E-state index contributed by atoms with van der Waals surface area (Å²) in [6.07, 6.45) is 1.53. The highest BCUT2D eigenvalue weighted by molar-refractivity contribution is 5.95. The van der Waals surface area contributed by atoms with Crippen LogP contribution in [-0.4, -0.2) is 23.1 Å². The lowest BCUT2D eigenvalue weighted by molar-refractivity contribution is 0.359. The molecule has 0 bridgehead atoms. The number of nitrogens with one attached hydrogen (secondary N) is 3. The third-order valence-electron chi connectivity index (χ3n) is 1.66. The summed E-state index contributed by atoms with van der Waals surface area (Å²) < 4.78 is 5.07. The molecule has 0 aliphatic carbocycles. The van der Waals surface area contributed by atoms with E-state index in [1.165, 1.54) is 6.20 Å². The van der Waals surface area contributed by atoms with Crippen LogP contribution in [0.3, 0.4) is 0 Å². The number of rotatable bonds is 4. The second-order valence-electron chi connectivity index (χ2n) is 2.86. The molecule has 0 aliphatic heterocycles. The van der Waals surface area contributed by atoms with E-state index in [2.05, 4.69) is 10.1 Å². The van der Waals surface area contributed by atoms with Crippen LogP contribution in [0.25, 0.3) is 0 Å². The maximum absolute atomic E-state index is 7.35. The molecule has 0 amide bonds. The average Bonchev–Trinajstić information content (AvgIpc) is 2.26. The van der Waals surface area contributed by atoms with Crippen molar-refractivity contribution >= 4 is 11.5 Å². The van der Waals surface area contributed by atoms with Gasteiger partial charge in [0.25, 0.3) is 0 Å². The van der Waals surface area contributed by atoms with Crippen molar-refractivity contribution in [2.45, 2.75) is 6.92 Å². The first kappa shape index (κ1) is 11.0. The van der Waals surface area contributed by atoms with Crippen LogP contribution in [0, 0.1) is 16.3 Å². The molecule has 0 aliphatic rings. The van der Waals surface area contributed by atoms with Crippen LogP contribution in [0.15, 0.2) is 23.4 Å². The van der Waals surface area contributed by atoms with Crippen LogP contribution in [0.4, 0.5) is 0 Å². The fourth-order valence-corrected chi connectivity index (χ4v) is 0.862. The van der Waals surface area contributed by atoms with Crippen LogP contribution in [0.2, 0.25) is 0 Å². The van der Waals surface area contributed by atoms with Crippen molar-refractivity contribution in [2.75, 3.05) is 6.61 Å². The summed E-state index contributed by atoms with van der Waals surface area (Å²) in [7, 11) is 0. The zero-order valence-corrected chi connectivity index (χ0v) is 8.24. The maximum Gasteiger partial charge on any atom is 0.213 e. The van der Waals surface area contributed by atoms with Gasteiger partial charge in [-0.1, -0.05) is 0 Å². The fourth-order valence-electron chi connectivity index (χ4n) is 0.862. The molecule has 15 heavy (non-hydrogen) atoms. The first-order chi connectivity index (χ1) is 7.13. The zero-order chi connectivity index (χ0) is 11.3. The zero-order valence-electron chi connectivity index (χ0n) is 8.24. The van der Waals surface area contributed by atoms with Gasteiger partial charge >= 0.3 is 0 Å². The Morgan fingerprint density at radius 3 is 2.67 bits per heavy atom. The Kier molecular flexibility index (Phi) is 3.61. The highest BCUT2D eigenvalue weighted by atomic mass is 16.5. The molecule has 0 aromatic carbocycles. The van der Waals surface area contributed by atoms with Gasteiger partial charge in [-0.15, -0.1) is 5.11 Å². The second kappa shape index (κ2) is 4.94. The summed E-state index contributed by atoms with van der Waals surface area (Å²) in [5.41, 5.74) is 7.69. The molecule has 0 saturated carbocycles. The Labute approximate surface area is 86.8 Å². The quantitative estimate of drug-likeness (QED) is 0.396. The topological polar surface area (TPSA) is 106 Å². The third kappa shape index (κ3) is 3.26. The predicted octanol–water partition coefficient (Wildman–Crippen LogP) is 1.86. The van der Waals surface area contributed by atoms with E-state index in [9.17, 15) is 0 Å². The molecule has 0 spiro atoms. The first-order valence-corrected chi connectivity index (χ1v) is 4.22. The van der Waals surface area contributed by atoms with Gasteiger partial charge in [0.1, 0.15) is 0 Å². The largest absolute Gasteiger partial charge is 0.469 e. The van der Waals surface area contributed by atoms with E-state index >= 15 is 0 Å². The number of hydrogen-bond acceptors (Lipinski definition) is 5. The third-order valence-corrected chi connectivity index (χ3v) is 1.66. The van der Waals surface area contributed by atoms with Crippen molar-refractivity contribution in [3.63, 3.8) is 0 Å². The minimum Gasteiger partial charge on any atom is -0.469 e. The van der Waals surface area contributed by atoms with Gasteiger partial charge in [0.2, 0.25) is 5.88 Å². The summed E-state index contributed by atoms with van der Waals surface area (Å²) in [6, 6.07) is 3.33. The van der Waals surface area contributed by atoms with Gasteiger partial charge in [-0.25, -0.2) is 10.5 Å². The van der Waals surface area contributed by atoms with Crippen LogP contribution < -0.4 is 4.74 Å². The minimum atomic E-state index is -0.163. The molecule has 0 fully saturated rings. The molecule has 1 rings (SSSR count). The van der Waals surface area contributed by atoms with E-state index in [1.807, 2.05) is 0 Å². The first-order valence-electron chi connectivity index (χ1n) is 4.22. The molecule has 0 radical (unpaired) electrons. The van der Waals surface area contributed by atoms with Crippen LogP contribution in [-0.2, 0) is 0 Å². The molecule has 1 aromatic rings. The van der Waals surface area contributed by atoms with Crippen molar-refractivity contribution < 1.29 is 4.74 Å². The molecule has 6 nitrogen and oxygen atoms in total. The number of nitrogens with zero attached hydrogens (tertiary/aromatic N) is 2. The Hall–Kier alpha value is -2.11. The van der Waals surface area contributed by atoms with E-state index in [-0.39, 0.29) is 12.4 Å². The second-order valence-corrected chi connectivity index (χ2v) is 2.86. The van der Waals surface area contributed by atoms with Crippen LogP contribution in [0.5, 0.6) is 5.88 Å². The van der Waals surface area contributed by atoms with Gasteiger partial charge in [-0.2, -0.15) is 0 Å². The predicted molar refractivity (Wildman–Crippen MR) is 55.1 cm³/mol. The summed E-state index contributed by atoms with van der Waals surface area (Å²) in [5, 5.41) is 17.3. The lowest BCUT2D eigenvalue weighted by Crippen LogP contribution is -2.08. The Morgan fingerprint density at radius 1 is 1.47 bits per heavy atom. The normalized spacial score (nSPS) is 9.40. The molecule has 1 heterocycles. The molecule has 0 atom stereocenters. The molecular weight excluding hydrogens is 194 g/mol. The average molecular weight is 205 g/mol. The van der Waals surface area contributed by atoms with Crippen molar-refractivity contribution in [1.29, 1.82) is 16.3 Å². The van der Waals surface area contributed by atoms with Gasteiger partial charge in [0, 0.05) is 23.5 Å². The minimum absolute atomic E-state index is 0.0700. The van der Waals surface area contributed by atoms with E-state index in [4.69, 9.17) is 21.1 Å². The number of amidine groups is 1. The van der Waals surface area contributed by atoms with Gasteiger partial charge in [-0.05, 0) is 13.0 Å². The smallest absolute Gasteiger partial charge is 0.213 e. The number of hydrogen-bond donors (Lipinski definition) is 3. The van der Waals surface area contributed by atoms with Gasteiger partial charge < -0.3 is 10.1 Å². The summed E-state index contributed by atoms with van der Waals surface area (Å²) >= 11 is 0. The van der Waals surface area contributed by atoms with E-state index in [1.54, 1.807) is 19.1 Å². The summed E-state index contributed by atoms with van der Waals surface area (Å²) in [4.78, 5) is 3.94. The van der Waals surface area contributed by atoms with Crippen molar-refractivity contribution in [3.05, 3.63) is 23.9 Å². The highest BCUT2D eigenvalue weighted by Crippen LogP contribution is 2.07. The van der Waals surface area contributed by atoms with Gasteiger partial charge in [-0.3, -0.25) is 5.41 Å². The van der Waals surface area contributed by atoms with Crippen molar-refractivity contribution in [1.82, 2.24) is 4.98 Å². The summed E-state index contributed by atoms with van der Waals surface area (Å²) in [5.74, 6) is 0.192. The fraction of sp³-hybridized carbons (Fsp3) is 0.222. The molecule has 3 N–H and O–H groups in total. The number of aromatic nitrogens is 1. The Morgan fingerprint density at radius 2 is 2.20 bits per heavy atom. The molecule has 0 unspecified atom stereocenters. The Bertz CT molecular complexity index is 384. The monoisotopic (exact) mass is 205 g/mol. The van der Waals surface area contributed by atoms with Gasteiger partial charge in [0.05, 0.1) is 0 Å². The molecule has 1 aromatic heterocycles.